The van der Waals surface area contributed by atoms with Crippen LogP contribution in [0.3, 0.4) is 0 Å². The lowest BCUT2D eigenvalue weighted by Crippen LogP contribution is -2.37. The van der Waals surface area contributed by atoms with Crippen LogP contribution in [0.1, 0.15) is 71.1 Å². The van der Waals surface area contributed by atoms with Gasteiger partial charge in [0.25, 0.3) is 0 Å². The lowest BCUT2D eigenvalue weighted by Gasteiger charge is -2.41. The molecule has 4 unspecified atom stereocenters. The van der Waals surface area contributed by atoms with Crippen molar-refractivity contribution in [2.45, 2.75) is 83.3 Å². The van der Waals surface area contributed by atoms with Crippen LogP contribution in [0.4, 0.5) is 0 Å². The molecule has 0 heterocycles. The maximum absolute atomic E-state index is 12.6. The molecule has 0 N–H and O–H groups in total. The van der Waals surface area contributed by atoms with Crippen LogP contribution >= 0.6 is 0 Å². The summed E-state index contributed by atoms with van der Waals surface area (Å²) in [7, 11) is 1.81. The van der Waals surface area contributed by atoms with E-state index in [1.165, 1.54) is 6.42 Å². The van der Waals surface area contributed by atoms with Gasteiger partial charge in [-0.25, -0.2) is 0 Å². The van der Waals surface area contributed by atoms with Crippen LogP contribution in [-0.2, 0) is 19.1 Å². The van der Waals surface area contributed by atoms with Crippen molar-refractivity contribution < 1.29 is 19.1 Å². The summed E-state index contributed by atoms with van der Waals surface area (Å²) < 4.78 is 11.3. The number of methoxy groups -OCH3 is 1. The fourth-order valence-corrected chi connectivity index (χ4v) is 5.12. The van der Waals surface area contributed by atoms with E-state index in [9.17, 15) is 9.59 Å². The maximum atomic E-state index is 12.6. The highest BCUT2D eigenvalue weighted by atomic mass is 16.5. The minimum absolute atomic E-state index is 0.0218. The van der Waals surface area contributed by atoms with E-state index < -0.39 is 0 Å². The van der Waals surface area contributed by atoms with Crippen molar-refractivity contribution in [1.29, 1.82) is 0 Å². The summed E-state index contributed by atoms with van der Waals surface area (Å²) in [5.41, 5.74) is 0. The summed E-state index contributed by atoms with van der Waals surface area (Å²) in [5.74, 6) is 2.00. The van der Waals surface area contributed by atoms with E-state index in [1.807, 2.05) is 7.11 Å². The minimum Gasteiger partial charge on any atom is -0.462 e. The molecule has 3 rings (SSSR count). The van der Waals surface area contributed by atoms with Crippen LogP contribution in [0.5, 0.6) is 0 Å². The van der Waals surface area contributed by atoms with E-state index in [0.717, 1.165) is 63.7 Å². The van der Waals surface area contributed by atoms with Gasteiger partial charge in [-0.1, -0.05) is 0 Å². The number of ketones is 1. The van der Waals surface area contributed by atoms with Gasteiger partial charge in [-0.2, -0.15) is 0 Å². The minimum atomic E-state index is 0.0218. The Morgan fingerprint density at radius 1 is 0.750 bits per heavy atom. The smallest absolute Gasteiger partial charge is 0.309 e. The molecular formula is C20H32O4. The average Bonchev–Trinajstić information content (AvgIpc) is 2.61. The van der Waals surface area contributed by atoms with E-state index in [-0.39, 0.29) is 29.7 Å². The largest absolute Gasteiger partial charge is 0.462 e. The third kappa shape index (κ3) is 4.19. The van der Waals surface area contributed by atoms with Gasteiger partial charge in [0.2, 0.25) is 0 Å². The van der Waals surface area contributed by atoms with Crippen molar-refractivity contribution in [3.63, 3.8) is 0 Å². The van der Waals surface area contributed by atoms with Crippen LogP contribution in [0.15, 0.2) is 0 Å². The van der Waals surface area contributed by atoms with Crippen LogP contribution in [-0.4, -0.2) is 31.1 Å². The fraction of sp³-hybridized carbons (Fsp3) is 0.900. The topological polar surface area (TPSA) is 52.6 Å². The van der Waals surface area contributed by atoms with Crippen molar-refractivity contribution >= 4 is 11.8 Å². The average molecular weight is 336 g/mol. The summed E-state index contributed by atoms with van der Waals surface area (Å²) in [6.07, 6.45) is 10.5. The molecule has 0 bridgehead atoms. The number of esters is 1. The Morgan fingerprint density at radius 3 is 2.00 bits per heavy atom. The zero-order chi connectivity index (χ0) is 17.1. The van der Waals surface area contributed by atoms with Gasteiger partial charge in [0, 0.05) is 13.0 Å². The number of fused-ring (bicyclic) bond motifs is 1. The number of hydrogen-bond donors (Lipinski definition) is 0. The third-order valence-corrected chi connectivity index (χ3v) is 6.76. The Kier molecular flexibility index (Phi) is 5.96. The maximum Gasteiger partial charge on any atom is 0.309 e. The van der Waals surface area contributed by atoms with E-state index in [0.29, 0.717) is 12.0 Å². The predicted octanol–water partition coefficient (Wildman–Crippen LogP) is 3.91. The van der Waals surface area contributed by atoms with Crippen LogP contribution in [0.2, 0.25) is 0 Å². The highest BCUT2D eigenvalue weighted by Crippen LogP contribution is 2.44. The predicted molar refractivity (Wildman–Crippen MR) is 91.5 cm³/mol. The second-order valence-electron chi connectivity index (χ2n) is 8.22. The Hall–Kier alpha value is -0.900. The lowest BCUT2D eigenvalue weighted by atomic mass is 9.67. The molecular weight excluding hydrogens is 304 g/mol. The van der Waals surface area contributed by atoms with Crippen molar-refractivity contribution in [2.75, 3.05) is 7.11 Å². The first kappa shape index (κ1) is 17.9. The van der Waals surface area contributed by atoms with E-state index in [2.05, 4.69) is 0 Å². The first-order valence-corrected chi connectivity index (χ1v) is 9.80. The van der Waals surface area contributed by atoms with Gasteiger partial charge in [-0.15, -0.1) is 0 Å². The first-order chi connectivity index (χ1) is 11.6. The monoisotopic (exact) mass is 336 g/mol. The number of Topliss-reactive ketones (excluding diaryl/α,β-unsaturated/α-hetero) is 1. The molecule has 136 valence electrons. The van der Waals surface area contributed by atoms with Crippen LogP contribution in [0.25, 0.3) is 0 Å². The van der Waals surface area contributed by atoms with E-state index in [1.54, 1.807) is 6.92 Å². The summed E-state index contributed by atoms with van der Waals surface area (Å²) in [6, 6.07) is 0. The molecule has 0 spiro atoms. The summed E-state index contributed by atoms with van der Waals surface area (Å²) >= 11 is 0. The van der Waals surface area contributed by atoms with Gasteiger partial charge in [0.1, 0.15) is 11.9 Å². The van der Waals surface area contributed by atoms with E-state index >= 15 is 0 Å². The second-order valence-corrected chi connectivity index (χ2v) is 8.22. The zero-order valence-electron chi connectivity index (χ0n) is 15.2. The van der Waals surface area contributed by atoms with Gasteiger partial charge >= 0.3 is 5.97 Å². The fourth-order valence-electron chi connectivity index (χ4n) is 5.12. The number of hydrogen-bond acceptors (Lipinski definition) is 4. The molecule has 0 saturated heterocycles. The lowest BCUT2D eigenvalue weighted by molar-refractivity contribution is -0.159. The Morgan fingerprint density at radius 2 is 1.33 bits per heavy atom. The molecule has 0 aromatic rings. The molecule has 4 nitrogen and oxygen atoms in total. The van der Waals surface area contributed by atoms with Crippen molar-refractivity contribution in [1.82, 2.24) is 0 Å². The molecule has 4 heteroatoms. The van der Waals surface area contributed by atoms with Gasteiger partial charge < -0.3 is 9.47 Å². The number of carbonyl (C=O) groups is 2. The standard InChI is InChI=1S/C20H32O4/c1-13(21)14-5-8-18(9-6-14)24-20(22)17-4-3-16-12-19(23-2)10-7-15(16)11-17/h14-19H,3-12H2,1-2H3. The second kappa shape index (κ2) is 7.99. The molecule has 4 atom stereocenters. The Bertz CT molecular complexity index is 453. The molecule has 3 aliphatic rings. The normalized spacial score (nSPS) is 39.8. The van der Waals surface area contributed by atoms with Gasteiger partial charge in [-0.3, -0.25) is 9.59 Å². The van der Waals surface area contributed by atoms with E-state index in [4.69, 9.17) is 9.47 Å². The molecule has 0 aromatic carbocycles. The molecule has 3 fully saturated rings. The highest BCUT2D eigenvalue weighted by Gasteiger charge is 2.39. The number of ether oxygens (including phenoxy) is 2. The summed E-state index contributed by atoms with van der Waals surface area (Å²) in [5, 5.41) is 0. The molecule has 0 aliphatic heterocycles. The van der Waals surface area contributed by atoms with Crippen molar-refractivity contribution in [3.8, 4) is 0 Å². The molecule has 3 saturated carbocycles. The number of rotatable bonds is 4. The van der Waals surface area contributed by atoms with Gasteiger partial charge in [0.05, 0.1) is 12.0 Å². The molecule has 3 aliphatic carbocycles. The third-order valence-electron chi connectivity index (χ3n) is 6.76. The molecule has 0 radical (unpaired) electrons. The Balaban J connectivity index is 1.44. The Labute approximate surface area is 145 Å². The molecule has 0 aromatic heterocycles. The number of carbonyl (C=O) groups excluding carboxylic acids is 2. The van der Waals surface area contributed by atoms with Crippen molar-refractivity contribution in [3.05, 3.63) is 0 Å². The SMILES string of the molecule is COC1CCC2CC(C(=O)OC3CCC(C(C)=O)CC3)CCC2C1. The molecule has 24 heavy (non-hydrogen) atoms. The quantitative estimate of drug-likeness (QED) is 0.731. The van der Waals surface area contributed by atoms with Crippen LogP contribution < -0.4 is 0 Å². The summed E-state index contributed by atoms with van der Waals surface area (Å²) in [6.45, 7) is 1.67. The summed E-state index contributed by atoms with van der Waals surface area (Å²) in [4.78, 5) is 24.0. The first-order valence-electron chi connectivity index (χ1n) is 9.80. The van der Waals surface area contributed by atoms with Crippen LogP contribution in [0, 0.1) is 23.7 Å². The zero-order valence-corrected chi connectivity index (χ0v) is 15.2. The van der Waals surface area contributed by atoms with Gasteiger partial charge in [0.15, 0.2) is 0 Å². The highest BCUT2D eigenvalue weighted by molar-refractivity contribution is 5.78. The van der Waals surface area contributed by atoms with Gasteiger partial charge in [-0.05, 0) is 83.0 Å². The van der Waals surface area contributed by atoms with Crippen molar-refractivity contribution in [2.24, 2.45) is 23.7 Å². The molecule has 0 amide bonds.